The van der Waals surface area contributed by atoms with E-state index in [9.17, 15) is 8.42 Å². The molecule has 1 aliphatic rings. The van der Waals surface area contributed by atoms with Crippen molar-refractivity contribution in [1.82, 2.24) is 23.9 Å². The molecule has 5 rings (SSSR count). The summed E-state index contributed by atoms with van der Waals surface area (Å²) in [5.41, 5.74) is 3.10. The van der Waals surface area contributed by atoms with E-state index in [0.29, 0.717) is 43.7 Å². The summed E-state index contributed by atoms with van der Waals surface area (Å²) in [5, 5.41) is 4.69. The number of aromatic nitrogens is 4. The quantitative estimate of drug-likeness (QED) is 0.448. The highest BCUT2D eigenvalue weighted by Crippen LogP contribution is 2.24. The summed E-state index contributed by atoms with van der Waals surface area (Å²) in [6.07, 6.45) is 1.73. The molecule has 0 spiro atoms. The van der Waals surface area contributed by atoms with Crippen LogP contribution in [-0.2, 0) is 10.0 Å². The van der Waals surface area contributed by atoms with Crippen LogP contribution in [0.4, 0.5) is 5.95 Å². The van der Waals surface area contributed by atoms with Crippen molar-refractivity contribution in [2.24, 2.45) is 0 Å². The molecule has 170 valence electrons. The van der Waals surface area contributed by atoms with Crippen LogP contribution in [0.3, 0.4) is 0 Å². The lowest BCUT2D eigenvalue weighted by molar-refractivity contribution is 0.381. The van der Waals surface area contributed by atoms with E-state index in [1.54, 1.807) is 35.0 Å². The molecule has 0 atom stereocenters. The first-order valence-electron chi connectivity index (χ1n) is 10.6. The standard InChI is InChI=1S/C23H24N6O3S/c1-17-5-3-6-18(15-17)21-9-10-24-22-25-23(26-29(21)22)27-11-13-28(14-12-27)33(30,31)20-8-4-7-19(16-20)32-2/h3-10,15-16H,11-14H2,1-2H3. The predicted molar refractivity (Wildman–Crippen MR) is 125 cm³/mol. The first-order chi connectivity index (χ1) is 16.0. The van der Waals surface area contributed by atoms with Crippen LogP contribution in [-0.4, -0.2) is 65.6 Å². The molecule has 0 unspecified atom stereocenters. The second kappa shape index (κ2) is 8.45. The van der Waals surface area contributed by atoms with E-state index in [-0.39, 0.29) is 4.90 Å². The Hall–Kier alpha value is -3.50. The topological polar surface area (TPSA) is 92.9 Å². The van der Waals surface area contributed by atoms with Gasteiger partial charge in [-0.3, -0.25) is 0 Å². The number of fused-ring (bicyclic) bond motifs is 1. The lowest BCUT2D eigenvalue weighted by Gasteiger charge is -2.33. The van der Waals surface area contributed by atoms with Crippen molar-refractivity contribution in [3.8, 4) is 17.0 Å². The van der Waals surface area contributed by atoms with Crippen molar-refractivity contribution in [3.05, 3.63) is 66.4 Å². The van der Waals surface area contributed by atoms with Gasteiger partial charge in [-0.05, 0) is 31.2 Å². The van der Waals surface area contributed by atoms with Crippen molar-refractivity contribution >= 4 is 21.7 Å². The minimum atomic E-state index is -3.60. The molecule has 1 saturated heterocycles. The molecule has 0 radical (unpaired) electrons. The Balaban J connectivity index is 1.37. The van der Waals surface area contributed by atoms with Crippen LogP contribution in [0.5, 0.6) is 5.75 Å². The minimum Gasteiger partial charge on any atom is -0.497 e. The van der Waals surface area contributed by atoms with E-state index < -0.39 is 10.0 Å². The van der Waals surface area contributed by atoms with Crippen molar-refractivity contribution in [2.45, 2.75) is 11.8 Å². The molecule has 1 aliphatic heterocycles. The summed E-state index contributed by atoms with van der Waals surface area (Å²) < 4.78 is 34.6. The van der Waals surface area contributed by atoms with E-state index in [1.165, 1.54) is 11.4 Å². The van der Waals surface area contributed by atoms with Crippen molar-refractivity contribution in [1.29, 1.82) is 0 Å². The van der Waals surface area contributed by atoms with Gasteiger partial charge >= 0.3 is 0 Å². The lowest BCUT2D eigenvalue weighted by atomic mass is 10.1. The third-order valence-corrected chi connectivity index (χ3v) is 7.64. The number of sulfonamides is 1. The highest BCUT2D eigenvalue weighted by atomic mass is 32.2. The summed E-state index contributed by atoms with van der Waals surface area (Å²) in [6, 6.07) is 16.6. The Bertz CT molecular complexity index is 1410. The highest BCUT2D eigenvalue weighted by molar-refractivity contribution is 7.89. The molecular weight excluding hydrogens is 440 g/mol. The van der Waals surface area contributed by atoms with Gasteiger partial charge in [-0.2, -0.15) is 13.8 Å². The van der Waals surface area contributed by atoms with Gasteiger partial charge in [0, 0.05) is 44.0 Å². The smallest absolute Gasteiger partial charge is 0.254 e. The van der Waals surface area contributed by atoms with Gasteiger partial charge < -0.3 is 9.64 Å². The number of methoxy groups -OCH3 is 1. The predicted octanol–water partition coefficient (Wildman–Crippen LogP) is 2.62. The molecule has 10 heteroatoms. The maximum absolute atomic E-state index is 13.1. The lowest BCUT2D eigenvalue weighted by Crippen LogP contribution is -2.49. The fourth-order valence-corrected chi connectivity index (χ4v) is 5.44. The number of hydrogen-bond acceptors (Lipinski definition) is 7. The fraction of sp³-hybridized carbons (Fsp3) is 0.261. The second-order valence-corrected chi connectivity index (χ2v) is 9.83. The number of rotatable bonds is 5. The van der Waals surface area contributed by atoms with Crippen LogP contribution in [0.15, 0.2) is 65.7 Å². The molecule has 0 amide bonds. The molecule has 2 aromatic heterocycles. The molecular formula is C23H24N6O3S. The van der Waals surface area contributed by atoms with Gasteiger partial charge in [0.05, 0.1) is 17.7 Å². The van der Waals surface area contributed by atoms with E-state index in [1.807, 2.05) is 36.1 Å². The van der Waals surface area contributed by atoms with Gasteiger partial charge in [-0.15, -0.1) is 5.10 Å². The Labute approximate surface area is 192 Å². The van der Waals surface area contributed by atoms with Gasteiger partial charge in [-0.25, -0.2) is 13.4 Å². The van der Waals surface area contributed by atoms with Gasteiger partial charge in [0.2, 0.25) is 16.0 Å². The molecule has 0 bridgehead atoms. The average molecular weight is 465 g/mol. The first kappa shape index (κ1) is 21.4. The zero-order valence-corrected chi connectivity index (χ0v) is 19.2. The number of benzene rings is 2. The largest absolute Gasteiger partial charge is 0.497 e. The molecule has 4 aromatic rings. The van der Waals surface area contributed by atoms with E-state index >= 15 is 0 Å². The van der Waals surface area contributed by atoms with E-state index in [2.05, 4.69) is 16.0 Å². The number of anilines is 1. The molecule has 0 aliphatic carbocycles. The molecule has 2 aromatic carbocycles. The van der Waals surface area contributed by atoms with Gasteiger partial charge in [0.25, 0.3) is 5.78 Å². The Morgan fingerprint density at radius 3 is 2.52 bits per heavy atom. The number of nitrogens with zero attached hydrogens (tertiary/aromatic N) is 6. The summed E-state index contributed by atoms with van der Waals surface area (Å²) in [5.74, 6) is 1.57. The maximum atomic E-state index is 13.1. The third kappa shape index (κ3) is 4.03. The molecule has 9 nitrogen and oxygen atoms in total. The Morgan fingerprint density at radius 1 is 0.970 bits per heavy atom. The number of ether oxygens (including phenoxy) is 1. The van der Waals surface area contributed by atoms with Crippen LogP contribution < -0.4 is 9.64 Å². The molecule has 0 N–H and O–H groups in total. The maximum Gasteiger partial charge on any atom is 0.254 e. The Morgan fingerprint density at radius 2 is 1.76 bits per heavy atom. The zero-order valence-electron chi connectivity index (χ0n) is 18.4. The molecule has 3 heterocycles. The average Bonchev–Trinajstić information content (AvgIpc) is 3.29. The summed E-state index contributed by atoms with van der Waals surface area (Å²) in [6.45, 7) is 3.70. The zero-order chi connectivity index (χ0) is 23.0. The monoisotopic (exact) mass is 464 g/mol. The van der Waals surface area contributed by atoms with Crippen molar-refractivity contribution in [2.75, 3.05) is 38.2 Å². The highest BCUT2D eigenvalue weighted by Gasteiger charge is 2.30. The molecule has 1 fully saturated rings. The van der Waals surface area contributed by atoms with Crippen molar-refractivity contribution < 1.29 is 13.2 Å². The summed E-state index contributed by atoms with van der Waals surface area (Å²) in [4.78, 5) is 11.2. The normalized spacial score (nSPS) is 15.2. The van der Waals surface area contributed by atoms with Gasteiger partial charge in [0.15, 0.2) is 0 Å². The molecule has 0 saturated carbocycles. The summed E-state index contributed by atoms with van der Waals surface area (Å²) >= 11 is 0. The number of piperazine rings is 1. The van der Waals surface area contributed by atoms with Crippen LogP contribution in [0.2, 0.25) is 0 Å². The minimum absolute atomic E-state index is 0.230. The Kier molecular flexibility index (Phi) is 5.47. The SMILES string of the molecule is COc1cccc(S(=O)(=O)N2CCN(c3nc4nccc(-c5cccc(C)c5)n4n3)CC2)c1. The van der Waals surface area contributed by atoms with Gasteiger partial charge in [-0.1, -0.05) is 29.8 Å². The van der Waals surface area contributed by atoms with Crippen molar-refractivity contribution in [3.63, 3.8) is 0 Å². The van der Waals surface area contributed by atoms with Crippen LogP contribution in [0.1, 0.15) is 5.56 Å². The van der Waals surface area contributed by atoms with Gasteiger partial charge in [0.1, 0.15) is 5.75 Å². The van der Waals surface area contributed by atoms with E-state index in [0.717, 1.165) is 16.8 Å². The van der Waals surface area contributed by atoms with E-state index in [4.69, 9.17) is 9.84 Å². The first-order valence-corrected chi connectivity index (χ1v) is 12.1. The fourth-order valence-electron chi connectivity index (χ4n) is 3.98. The second-order valence-electron chi connectivity index (χ2n) is 7.89. The van der Waals surface area contributed by atoms with Crippen LogP contribution in [0.25, 0.3) is 17.0 Å². The number of aryl methyl sites for hydroxylation is 1. The third-order valence-electron chi connectivity index (χ3n) is 5.74. The van der Waals surface area contributed by atoms with Crippen LogP contribution >= 0.6 is 0 Å². The van der Waals surface area contributed by atoms with Crippen LogP contribution in [0, 0.1) is 6.92 Å². The molecule has 33 heavy (non-hydrogen) atoms. The summed E-state index contributed by atoms with van der Waals surface area (Å²) in [7, 11) is -2.08. The number of hydrogen-bond donors (Lipinski definition) is 0.